The van der Waals surface area contributed by atoms with Crippen LogP contribution >= 0.6 is 11.6 Å². The monoisotopic (exact) mass is 448 g/mol. The van der Waals surface area contributed by atoms with Crippen LogP contribution in [0.25, 0.3) is 22.4 Å². The van der Waals surface area contributed by atoms with E-state index in [1.54, 1.807) is 31.2 Å². The van der Waals surface area contributed by atoms with E-state index in [0.717, 1.165) is 5.56 Å². The summed E-state index contributed by atoms with van der Waals surface area (Å²) in [5.74, 6) is -0.451. The molecular weight excluding hydrogens is 431 g/mol. The fraction of sp³-hybridized carbons (Fsp3) is 0.167. The number of benzene rings is 1. The highest BCUT2D eigenvalue weighted by atomic mass is 35.5. The highest BCUT2D eigenvalue weighted by Crippen LogP contribution is 2.32. The third kappa shape index (κ3) is 3.93. The molecule has 0 saturated carbocycles. The lowest BCUT2D eigenvalue weighted by Crippen LogP contribution is -2.13. The first kappa shape index (κ1) is 21.5. The lowest BCUT2D eigenvalue weighted by atomic mass is 9.99. The first-order valence-electron chi connectivity index (χ1n) is 9.82. The molecule has 0 radical (unpaired) electrons. The molecule has 0 fully saturated rings. The van der Waals surface area contributed by atoms with Crippen molar-refractivity contribution in [2.45, 2.75) is 26.8 Å². The molecule has 1 aromatic carbocycles. The number of nitrogens with zero attached hydrogens (tertiary/aromatic N) is 3. The number of nitriles is 1. The van der Waals surface area contributed by atoms with Gasteiger partial charge in [0.25, 0.3) is 0 Å². The van der Waals surface area contributed by atoms with Crippen molar-refractivity contribution in [3.05, 3.63) is 86.2 Å². The summed E-state index contributed by atoms with van der Waals surface area (Å²) in [5, 5.41) is 13.3. The molecule has 3 aromatic heterocycles. The standard InChI is InChI=1S/C24H18ClFN4O2/c1-12-9-15(14(3)28-17-7-8-20(25)29-19(17)11-27)24-16(10-12)22(31)13(2)23(32-24)18-5-4-6-21(26)30-18/h4-10,14,28H,1-3H3/t14-/m1/s1. The predicted octanol–water partition coefficient (Wildman–Crippen LogP) is 5.70. The third-order valence-corrected chi connectivity index (χ3v) is 5.36. The second kappa shape index (κ2) is 8.40. The summed E-state index contributed by atoms with van der Waals surface area (Å²) in [6.45, 7) is 5.40. The van der Waals surface area contributed by atoms with Crippen LogP contribution in [0.4, 0.5) is 10.1 Å². The van der Waals surface area contributed by atoms with E-state index in [9.17, 15) is 14.4 Å². The number of nitrogens with one attached hydrogen (secondary N) is 1. The van der Waals surface area contributed by atoms with Crippen LogP contribution in [0.5, 0.6) is 0 Å². The molecule has 32 heavy (non-hydrogen) atoms. The van der Waals surface area contributed by atoms with Gasteiger partial charge in [0.15, 0.2) is 16.9 Å². The Kier molecular flexibility index (Phi) is 5.64. The Morgan fingerprint density at radius 3 is 2.69 bits per heavy atom. The minimum Gasteiger partial charge on any atom is -0.454 e. The Labute approximate surface area is 188 Å². The molecule has 0 aliphatic rings. The molecule has 4 aromatic rings. The van der Waals surface area contributed by atoms with Gasteiger partial charge in [0.1, 0.15) is 22.5 Å². The van der Waals surface area contributed by atoms with E-state index in [1.165, 1.54) is 12.1 Å². The van der Waals surface area contributed by atoms with Crippen molar-refractivity contribution in [3.63, 3.8) is 0 Å². The molecule has 0 saturated heterocycles. The Morgan fingerprint density at radius 2 is 1.97 bits per heavy atom. The van der Waals surface area contributed by atoms with Gasteiger partial charge in [0.05, 0.1) is 17.1 Å². The smallest absolute Gasteiger partial charge is 0.213 e. The van der Waals surface area contributed by atoms with Crippen LogP contribution in [0.3, 0.4) is 0 Å². The van der Waals surface area contributed by atoms with Crippen molar-refractivity contribution in [3.8, 4) is 17.5 Å². The van der Waals surface area contributed by atoms with Gasteiger partial charge in [-0.15, -0.1) is 0 Å². The number of halogens is 2. The minimum absolute atomic E-state index is 0.156. The van der Waals surface area contributed by atoms with E-state index < -0.39 is 5.95 Å². The zero-order valence-corrected chi connectivity index (χ0v) is 18.3. The van der Waals surface area contributed by atoms with Gasteiger partial charge in [0, 0.05) is 11.1 Å². The zero-order chi connectivity index (χ0) is 23.0. The SMILES string of the molecule is Cc1cc([C@@H](C)Nc2ccc(Cl)nc2C#N)c2oc(-c3cccc(F)n3)c(C)c(=O)c2c1. The van der Waals surface area contributed by atoms with Crippen molar-refractivity contribution >= 4 is 28.3 Å². The van der Waals surface area contributed by atoms with Gasteiger partial charge >= 0.3 is 0 Å². The zero-order valence-electron chi connectivity index (χ0n) is 17.5. The lowest BCUT2D eigenvalue weighted by Gasteiger charge is -2.19. The maximum atomic E-state index is 13.7. The van der Waals surface area contributed by atoms with E-state index in [4.69, 9.17) is 16.0 Å². The van der Waals surface area contributed by atoms with Gasteiger partial charge in [-0.2, -0.15) is 9.65 Å². The number of aryl methyl sites for hydroxylation is 1. The van der Waals surface area contributed by atoms with Gasteiger partial charge in [0.2, 0.25) is 5.95 Å². The Bertz CT molecular complexity index is 1460. The van der Waals surface area contributed by atoms with Crippen molar-refractivity contribution < 1.29 is 8.81 Å². The molecule has 1 N–H and O–H groups in total. The topological polar surface area (TPSA) is 91.8 Å². The van der Waals surface area contributed by atoms with Crippen LogP contribution < -0.4 is 10.7 Å². The summed E-state index contributed by atoms with van der Waals surface area (Å²) in [4.78, 5) is 21.1. The molecule has 0 unspecified atom stereocenters. The number of pyridine rings is 2. The van der Waals surface area contributed by atoms with Gasteiger partial charge in [-0.05, 0) is 56.7 Å². The fourth-order valence-corrected chi connectivity index (χ4v) is 3.76. The summed E-state index contributed by atoms with van der Waals surface area (Å²) < 4.78 is 19.9. The quantitative estimate of drug-likeness (QED) is 0.402. The third-order valence-electron chi connectivity index (χ3n) is 5.15. The van der Waals surface area contributed by atoms with Crippen molar-refractivity contribution in [1.29, 1.82) is 5.26 Å². The molecule has 160 valence electrons. The predicted molar refractivity (Wildman–Crippen MR) is 121 cm³/mol. The van der Waals surface area contributed by atoms with E-state index in [2.05, 4.69) is 15.3 Å². The fourth-order valence-electron chi connectivity index (χ4n) is 3.62. The van der Waals surface area contributed by atoms with Gasteiger partial charge in [-0.3, -0.25) is 4.79 Å². The molecular formula is C24H18ClFN4O2. The summed E-state index contributed by atoms with van der Waals surface area (Å²) in [5.41, 5.74) is 2.98. The molecule has 0 bridgehead atoms. The molecule has 0 spiro atoms. The highest BCUT2D eigenvalue weighted by molar-refractivity contribution is 6.29. The molecule has 0 amide bonds. The first-order valence-corrected chi connectivity index (χ1v) is 10.2. The van der Waals surface area contributed by atoms with Gasteiger partial charge in [-0.25, -0.2) is 9.97 Å². The number of hydrogen-bond donors (Lipinski definition) is 1. The average molecular weight is 449 g/mol. The number of aromatic nitrogens is 2. The second-order valence-corrected chi connectivity index (χ2v) is 7.86. The van der Waals surface area contributed by atoms with Crippen LogP contribution in [0, 0.1) is 31.1 Å². The second-order valence-electron chi connectivity index (χ2n) is 7.47. The average Bonchev–Trinajstić information content (AvgIpc) is 2.77. The molecule has 1 atom stereocenters. The summed E-state index contributed by atoms with van der Waals surface area (Å²) in [6, 6.07) is 12.9. The maximum Gasteiger partial charge on any atom is 0.213 e. The summed E-state index contributed by atoms with van der Waals surface area (Å²) >= 11 is 5.89. The minimum atomic E-state index is -0.664. The Balaban J connectivity index is 1.90. The van der Waals surface area contributed by atoms with Crippen LogP contribution in [0.15, 0.2) is 51.7 Å². The molecule has 8 heteroatoms. The Morgan fingerprint density at radius 1 is 1.19 bits per heavy atom. The van der Waals surface area contributed by atoms with E-state index >= 15 is 0 Å². The molecule has 4 rings (SSSR count). The lowest BCUT2D eigenvalue weighted by molar-refractivity contribution is 0.572. The first-order chi connectivity index (χ1) is 15.3. The van der Waals surface area contributed by atoms with E-state index in [0.29, 0.717) is 27.8 Å². The Hall–Kier alpha value is -3.76. The van der Waals surface area contributed by atoms with Crippen LogP contribution in [0.1, 0.15) is 35.3 Å². The molecule has 3 heterocycles. The van der Waals surface area contributed by atoms with Crippen LogP contribution in [-0.2, 0) is 0 Å². The van der Waals surface area contributed by atoms with Gasteiger partial charge in [-0.1, -0.05) is 23.7 Å². The maximum absolute atomic E-state index is 13.7. The summed E-state index contributed by atoms with van der Waals surface area (Å²) in [6.07, 6.45) is 0. The van der Waals surface area contributed by atoms with Crippen LogP contribution in [-0.4, -0.2) is 9.97 Å². The van der Waals surface area contributed by atoms with E-state index in [-0.39, 0.29) is 33.8 Å². The highest BCUT2D eigenvalue weighted by Gasteiger charge is 2.20. The normalized spacial score (nSPS) is 11.9. The van der Waals surface area contributed by atoms with Crippen molar-refractivity contribution in [1.82, 2.24) is 9.97 Å². The molecule has 6 nitrogen and oxygen atoms in total. The number of hydrogen-bond acceptors (Lipinski definition) is 6. The largest absolute Gasteiger partial charge is 0.454 e. The van der Waals surface area contributed by atoms with Gasteiger partial charge < -0.3 is 9.73 Å². The van der Waals surface area contributed by atoms with Crippen molar-refractivity contribution in [2.24, 2.45) is 0 Å². The molecule has 0 aliphatic carbocycles. The number of fused-ring (bicyclic) bond motifs is 1. The van der Waals surface area contributed by atoms with Crippen molar-refractivity contribution in [2.75, 3.05) is 5.32 Å². The number of anilines is 1. The van der Waals surface area contributed by atoms with E-state index in [1.807, 2.05) is 26.0 Å². The number of rotatable bonds is 4. The summed E-state index contributed by atoms with van der Waals surface area (Å²) in [7, 11) is 0. The molecule has 0 aliphatic heterocycles. The van der Waals surface area contributed by atoms with Crippen LogP contribution in [0.2, 0.25) is 5.15 Å².